The van der Waals surface area contributed by atoms with Crippen LogP contribution in [0.4, 0.5) is 17.6 Å². The number of nitrogens with one attached hydrogen (secondary N) is 1. The van der Waals surface area contributed by atoms with Gasteiger partial charge >= 0.3 is 6.18 Å². The maximum Gasteiger partial charge on any atom is 0.416 e. The van der Waals surface area contributed by atoms with E-state index in [-0.39, 0.29) is 5.02 Å². The molecule has 3 rings (SSSR count). The third kappa shape index (κ3) is 3.95. The molecule has 0 saturated carbocycles. The summed E-state index contributed by atoms with van der Waals surface area (Å²) in [6.07, 6.45) is -4.69. The van der Waals surface area contributed by atoms with Crippen LogP contribution >= 0.6 is 34.5 Å². The Bertz CT molecular complexity index is 757. The van der Waals surface area contributed by atoms with Crippen molar-refractivity contribution in [1.82, 2.24) is 10.2 Å². The van der Waals surface area contributed by atoms with Crippen molar-refractivity contribution in [3.8, 4) is 0 Å². The second-order valence-corrected chi connectivity index (χ2v) is 7.80. The first-order valence-corrected chi connectivity index (χ1v) is 9.11. The largest absolute Gasteiger partial charge is 0.416 e. The van der Waals surface area contributed by atoms with E-state index in [1.165, 1.54) is 0 Å². The van der Waals surface area contributed by atoms with Gasteiger partial charge in [0.25, 0.3) is 0 Å². The van der Waals surface area contributed by atoms with Gasteiger partial charge in [0.15, 0.2) is 0 Å². The van der Waals surface area contributed by atoms with Crippen molar-refractivity contribution in [2.75, 3.05) is 26.2 Å². The van der Waals surface area contributed by atoms with Crippen molar-refractivity contribution in [2.24, 2.45) is 0 Å². The highest BCUT2D eigenvalue weighted by molar-refractivity contribution is 7.16. The molecule has 0 radical (unpaired) electrons. The number of rotatable bonds is 3. The van der Waals surface area contributed by atoms with Gasteiger partial charge in [-0.3, -0.25) is 4.90 Å². The Kier molecular flexibility index (Phi) is 5.60. The molecule has 1 aliphatic heterocycles. The van der Waals surface area contributed by atoms with Crippen LogP contribution in [0, 0.1) is 5.82 Å². The van der Waals surface area contributed by atoms with Gasteiger partial charge in [-0.1, -0.05) is 23.2 Å². The number of hydrogen-bond acceptors (Lipinski definition) is 3. The minimum atomic E-state index is -4.69. The van der Waals surface area contributed by atoms with Gasteiger partial charge < -0.3 is 5.32 Å². The smallest absolute Gasteiger partial charge is 0.314 e. The summed E-state index contributed by atoms with van der Waals surface area (Å²) in [5.41, 5.74) is -1.46. The molecule has 1 saturated heterocycles. The summed E-state index contributed by atoms with van der Waals surface area (Å²) in [5, 5.41) is 2.81. The van der Waals surface area contributed by atoms with E-state index in [0.29, 0.717) is 35.4 Å². The Labute approximate surface area is 156 Å². The minimum absolute atomic E-state index is 0.328. The van der Waals surface area contributed by atoms with E-state index >= 15 is 0 Å². The third-order valence-corrected chi connectivity index (χ3v) is 5.67. The number of hydrogen-bond donors (Lipinski definition) is 1. The Morgan fingerprint density at radius 3 is 2.32 bits per heavy atom. The first kappa shape index (κ1) is 18.9. The van der Waals surface area contributed by atoms with Crippen molar-refractivity contribution < 1.29 is 17.6 Å². The summed E-state index contributed by atoms with van der Waals surface area (Å²) < 4.78 is 55.9. The summed E-state index contributed by atoms with van der Waals surface area (Å²) in [5.74, 6) is -1.04. The molecule has 1 fully saturated rings. The fourth-order valence-corrected chi connectivity index (χ4v) is 4.37. The Balaban J connectivity index is 2.20. The highest BCUT2D eigenvalue weighted by Crippen LogP contribution is 2.44. The summed E-state index contributed by atoms with van der Waals surface area (Å²) in [6.45, 7) is 2.20. The fourth-order valence-electron chi connectivity index (χ4n) is 3.00. The number of nitrogens with zero attached hydrogens (tertiary/aromatic N) is 1. The molecule has 1 N–H and O–H groups in total. The van der Waals surface area contributed by atoms with E-state index < -0.39 is 29.2 Å². The summed E-state index contributed by atoms with van der Waals surface area (Å²) in [4.78, 5) is 2.38. The van der Waals surface area contributed by atoms with Gasteiger partial charge in [-0.25, -0.2) is 4.39 Å². The SMILES string of the molecule is Fc1c(Cl)ccc(C(F)(F)F)c1[C@H](c1ccc(Cl)s1)N1CCNCC1. The maximum absolute atomic E-state index is 14.8. The molecule has 136 valence electrons. The summed E-state index contributed by atoms with van der Waals surface area (Å²) in [7, 11) is 0. The van der Waals surface area contributed by atoms with E-state index in [2.05, 4.69) is 5.32 Å². The normalized spacial score (nSPS) is 17.7. The number of halogens is 6. The van der Waals surface area contributed by atoms with Gasteiger partial charge in [-0.2, -0.15) is 13.2 Å². The van der Waals surface area contributed by atoms with Crippen molar-refractivity contribution in [3.05, 3.63) is 55.4 Å². The standard InChI is InChI=1S/C16H14Cl2F4N2S/c17-10-2-1-9(16(20,21)22)13(14(10)19)15(11-3-4-12(18)25-11)24-7-5-23-6-8-24/h1-4,15,23H,5-8H2/t15-/m0/s1. The van der Waals surface area contributed by atoms with E-state index in [1.54, 1.807) is 12.1 Å². The van der Waals surface area contributed by atoms with Crippen molar-refractivity contribution in [3.63, 3.8) is 0 Å². The van der Waals surface area contributed by atoms with Crippen LogP contribution in [0.1, 0.15) is 22.0 Å². The van der Waals surface area contributed by atoms with Gasteiger partial charge in [-0.05, 0) is 24.3 Å². The van der Waals surface area contributed by atoms with Crippen LogP contribution in [-0.4, -0.2) is 31.1 Å². The molecule has 0 spiro atoms. The molecule has 0 amide bonds. The average molecular weight is 413 g/mol. The van der Waals surface area contributed by atoms with E-state index in [4.69, 9.17) is 23.2 Å². The molecule has 1 atom stereocenters. The predicted molar refractivity (Wildman–Crippen MR) is 92.0 cm³/mol. The lowest BCUT2D eigenvalue weighted by Gasteiger charge is -2.36. The van der Waals surface area contributed by atoms with Gasteiger partial charge in [0.05, 0.1) is 21.0 Å². The zero-order valence-electron chi connectivity index (χ0n) is 12.8. The van der Waals surface area contributed by atoms with Crippen LogP contribution in [0.25, 0.3) is 0 Å². The second kappa shape index (κ2) is 7.40. The first-order chi connectivity index (χ1) is 11.8. The third-order valence-electron chi connectivity index (χ3n) is 4.09. The number of thiophene rings is 1. The van der Waals surface area contributed by atoms with Gasteiger partial charge in [0.1, 0.15) is 5.82 Å². The van der Waals surface area contributed by atoms with Crippen molar-refractivity contribution in [2.45, 2.75) is 12.2 Å². The molecular formula is C16H14Cl2F4N2S. The quantitative estimate of drug-likeness (QED) is 0.696. The van der Waals surface area contributed by atoms with E-state index in [1.807, 2.05) is 4.90 Å². The van der Waals surface area contributed by atoms with Crippen LogP contribution in [0.5, 0.6) is 0 Å². The topological polar surface area (TPSA) is 15.3 Å². The lowest BCUT2D eigenvalue weighted by Crippen LogP contribution is -2.45. The van der Waals surface area contributed by atoms with Gasteiger partial charge in [0, 0.05) is 36.6 Å². The summed E-state index contributed by atoms with van der Waals surface area (Å²) >= 11 is 12.9. The minimum Gasteiger partial charge on any atom is -0.314 e. The molecule has 0 bridgehead atoms. The highest BCUT2D eigenvalue weighted by atomic mass is 35.5. The molecule has 9 heteroatoms. The Morgan fingerprint density at radius 1 is 1.08 bits per heavy atom. The van der Waals surface area contributed by atoms with Gasteiger partial charge in [-0.15, -0.1) is 11.3 Å². The average Bonchev–Trinajstić information content (AvgIpc) is 2.98. The Hall–Kier alpha value is -0.860. The van der Waals surface area contributed by atoms with Crippen LogP contribution in [-0.2, 0) is 6.18 Å². The summed E-state index contributed by atoms with van der Waals surface area (Å²) in [6, 6.07) is 4.13. The molecular weight excluding hydrogens is 399 g/mol. The van der Waals surface area contributed by atoms with Crippen LogP contribution in [0.15, 0.2) is 24.3 Å². The lowest BCUT2D eigenvalue weighted by atomic mass is 9.96. The number of alkyl halides is 3. The van der Waals surface area contributed by atoms with E-state index in [9.17, 15) is 17.6 Å². The second-order valence-electron chi connectivity index (χ2n) is 5.65. The molecule has 1 aliphatic rings. The fraction of sp³-hybridized carbons (Fsp3) is 0.375. The monoisotopic (exact) mass is 412 g/mol. The van der Waals surface area contributed by atoms with Crippen LogP contribution in [0.3, 0.4) is 0 Å². The van der Waals surface area contributed by atoms with Crippen LogP contribution in [0.2, 0.25) is 9.36 Å². The molecule has 2 aromatic rings. The Morgan fingerprint density at radius 2 is 1.76 bits per heavy atom. The zero-order chi connectivity index (χ0) is 18.2. The van der Waals surface area contributed by atoms with Crippen molar-refractivity contribution >= 4 is 34.5 Å². The maximum atomic E-state index is 14.8. The molecule has 2 heterocycles. The lowest BCUT2D eigenvalue weighted by molar-refractivity contribution is -0.138. The number of benzene rings is 1. The zero-order valence-corrected chi connectivity index (χ0v) is 15.2. The molecule has 0 aliphatic carbocycles. The molecule has 1 aromatic heterocycles. The number of piperazine rings is 1. The molecule has 2 nitrogen and oxygen atoms in total. The molecule has 25 heavy (non-hydrogen) atoms. The highest BCUT2D eigenvalue weighted by Gasteiger charge is 2.40. The molecule has 1 aromatic carbocycles. The predicted octanol–water partition coefficient (Wildman–Crippen LogP) is 5.21. The van der Waals surface area contributed by atoms with E-state index in [0.717, 1.165) is 23.5 Å². The molecule has 0 unspecified atom stereocenters. The van der Waals surface area contributed by atoms with Crippen LogP contribution < -0.4 is 5.32 Å². The van der Waals surface area contributed by atoms with Crippen molar-refractivity contribution in [1.29, 1.82) is 0 Å². The first-order valence-electron chi connectivity index (χ1n) is 7.54. The van der Waals surface area contributed by atoms with Gasteiger partial charge in [0.2, 0.25) is 0 Å².